The minimum absolute atomic E-state index is 0.521. The summed E-state index contributed by atoms with van der Waals surface area (Å²) in [5.74, 6) is 0.521. The first-order valence-corrected chi connectivity index (χ1v) is 13.0. The van der Waals surface area contributed by atoms with E-state index in [0.717, 1.165) is 66.2 Å². The number of aromatic amines is 1. The van der Waals surface area contributed by atoms with Crippen molar-refractivity contribution >= 4 is 33.9 Å². The normalized spacial score (nSPS) is 12.8. The Morgan fingerprint density at radius 2 is 1.97 bits per heavy atom. The van der Waals surface area contributed by atoms with Gasteiger partial charge in [0, 0.05) is 73.0 Å². The van der Waals surface area contributed by atoms with Gasteiger partial charge in [-0.15, -0.1) is 0 Å². The van der Waals surface area contributed by atoms with Crippen molar-refractivity contribution in [3.8, 4) is 22.4 Å². The quantitative estimate of drug-likeness (QED) is 0.260. The van der Waals surface area contributed by atoms with Crippen LogP contribution in [0.1, 0.15) is 12.0 Å². The minimum Gasteiger partial charge on any atom is -0.397 e. The number of aryl methyl sites for hydroxylation is 2. The number of para-hydroxylation sites is 1. The van der Waals surface area contributed by atoms with Gasteiger partial charge in [0.25, 0.3) is 0 Å². The minimum atomic E-state index is 0.521. The lowest BCUT2D eigenvalue weighted by Gasteiger charge is -2.23. The second kappa shape index (κ2) is 9.83. The van der Waals surface area contributed by atoms with Crippen molar-refractivity contribution in [2.45, 2.75) is 19.4 Å². The first-order valence-electron chi connectivity index (χ1n) is 13.0. The summed E-state index contributed by atoms with van der Waals surface area (Å²) in [6.07, 6.45) is 10.0. The van der Waals surface area contributed by atoms with E-state index in [9.17, 15) is 0 Å². The van der Waals surface area contributed by atoms with Crippen LogP contribution in [-0.4, -0.2) is 63.9 Å². The molecule has 5 aromatic rings. The Morgan fingerprint density at radius 1 is 1.08 bits per heavy atom. The first-order chi connectivity index (χ1) is 18.5. The maximum Gasteiger partial charge on any atom is 0.227 e. The molecule has 9 heteroatoms. The van der Waals surface area contributed by atoms with E-state index in [1.54, 1.807) is 0 Å². The Balaban J connectivity index is 1.37. The molecule has 0 spiro atoms. The fraction of sp³-hybridized carbons (Fsp3) is 0.276. The lowest BCUT2D eigenvalue weighted by molar-refractivity contribution is 0.416. The number of aromatic nitrogens is 5. The molecule has 6 rings (SSSR count). The Bertz CT molecular complexity index is 1580. The van der Waals surface area contributed by atoms with Crippen LogP contribution in [0.15, 0.2) is 61.2 Å². The van der Waals surface area contributed by atoms with Crippen LogP contribution < -0.4 is 16.0 Å². The van der Waals surface area contributed by atoms with E-state index in [-0.39, 0.29) is 0 Å². The van der Waals surface area contributed by atoms with E-state index in [1.165, 1.54) is 16.5 Å². The van der Waals surface area contributed by atoms with Gasteiger partial charge in [-0.2, -0.15) is 5.10 Å². The molecule has 4 heterocycles. The van der Waals surface area contributed by atoms with E-state index in [1.807, 2.05) is 36.8 Å². The van der Waals surface area contributed by atoms with Gasteiger partial charge in [-0.05, 0) is 50.7 Å². The summed E-state index contributed by atoms with van der Waals surface area (Å²) in [5.41, 5.74) is 15.6. The van der Waals surface area contributed by atoms with Gasteiger partial charge >= 0.3 is 0 Å². The highest BCUT2D eigenvalue weighted by Crippen LogP contribution is 2.39. The zero-order valence-corrected chi connectivity index (χ0v) is 22.1. The van der Waals surface area contributed by atoms with Gasteiger partial charge in [0.05, 0.1) is 28.8 Å². The van der Waals surface area contributed by atoms with Crippen molar-refractivity contribution in [1.29, 1.82) is 0 Å². The summed E-state index contributed by atoms with van der Waals surface area (Å²) in [6.45, 7) is 2.86. The molecular weight excluding hydrogens is 474 g/mol. The molecule has 0 atom stereocenters. The molecule has 194 valence electrons. The van der Waals surface area contributed by atoms with E-state index in [0.29, 0.717) is 11.6 Å². The number of anilines is 4. The van der Waals surface area contributed by atoms with Crippen LogP contribution in [0.2, 0.25) is 0 Å². The molecule has 0 radical (unpaired) electrons. The second-order valence-corrected chi connectivity index (χ2v) is 10.2. The number of rotatable bonds is 8. The Labute approximate surface area is 222 Å². The number of benzene rings is 2. The van der Waals surface area contributed by atoms with Gasteiger partial charge < -0.3 is 25.4 Å². The number of nitrogen functional groups attached to an aromatic ring is 1. The standard InChI is InChI=1S/C29H33N9/c1-36(2)12-13-37(3)26-10-9-21(14-25(26)30)34-29-31-17-23(20-15-32-33-16-20)27(35-29)24-18-38-11-5-7-19-6-4-8-22(24)28(19)38/h4,6,8-10,14-18H,5,7,11-13,30H2,1-3H3,(H,32,33)(H,31,34,35). The van der Waals surface area contributed by atoms with Gasteiger partial charge in [0.15, 0.2) is 0 Å². The van der Waals surface area contributed by atoms with E-state index < -0.39 is 0 Å². The number of nitrogens with two attached hydrogens (primary N) is 1. The van der Waals surface area contributed by atoms with Gasteiger partial charge in [0.1, 0.15) is 0 Å². The fourth-order valence-corrected chi connectivity index (χ4v) is 5.28. The summed E-state index contributed by atoms with van der Waals surface area (Å²) < 4.78 is 2.37. The average Bonchev–Trinajstić information content (AvgIpc) is 3.57. The van der Waals surface area contributed by atoms with Crippen LogP contribution in [0.4, 0.5) is 23.0 Å². The number of hydrogen-bond donors (Lipinski definition) is 3. The van der Waals surface area contributed by atoms with Crippen molar-refractivity contribution in [3.63, 3.8) is 0 Å². The summed E-state index contributed by atoms with van der Waals surface area (Å²) in [5, 5.41) is 11.7. The highest BCUT2D eigenvalue weighted by molar-refractivity contribution is 6.00. The topological polar surface area (TPSA) is 104 Å². The van der Waals surface area contributed by atoms with Crippen molar-refractivity contribution < 1.29 is 0 Å². The van der Waals surface area contributed by atoms with E-state index >= 15 is 0 Å². The molecule has 0 saturated carbocycles. The molecule has 0 amide bonds. The zero-order chi connectivity index (χ0) is 26.2. The van der Waals surface area contributed by atoms with Crippen LogP contribution in [-0.2, 0) is 13.0 Å². The lowest BCUT2D eigenvalue weighted by atomic mass is 9.99. The average molecular weight is 508 g/mol. The Kier molecular flexibility index (Phi) is 6.21. The Hall–Kier alpha value is -4.37. The second-order valence-electron chi connectivity index (χ2n) is 10.2. The molecule has 1 aliphatic heterocycles. The number of likely N-dealkylation sites (N-methyl/N-ethyl adjacent to an activating group) is 2. The number of hydrogen-bond acceptors (Lipinski definition) is 7. The van der Waals surface area contributed by atoms with Gasteiger partial charge in [-0.1, -0.05) is 18.2 Å². The molecule has 4 N–H and O–H groups in total. The summed E-state index contributed by atoms with van der Waals surface area (Å²) in [6, 6.07) is 12.6. The molecule has 1 aliphatic rings. The van der Waals surface area contributed by atoms with Gasteiger partial charge in [-0.25, -0.2) is 9.97 Å². The molecule has 0 unspecified atom stereocenters. The van der Waals surface area contributed by atoms with Crippen LogP contribution in [0.5, 0.6) is 0 Å². The number of H-pyrrole nitrogens is 1. The van der Waals surface area contributed by atoms with Crippen molar-refractivity contribution in [2.75, 3.05) is 50.2 Å². The molecule has 0 aliphatic carbocycles. The van der Waals surface area contributed by atoms with E-state index in [4.69, 9.17) is 10.7 Å². The van der Waals surface area contributed by atoms with Crippen molar-refractivity contribution in [1.82, 2.24) is 29.6 Å². The highest BCUT2D eigenvalue weighted by Gasteiger charge is 2.21. The summed E-state index contributed by atoms with van der Waals surface area (Å²) >= 11 is 0. The molecule has 0 fully saturated rings. The monoisotopic (exact) mass is 507 g/mol. The lowest BCUT2D eigenvalue weighted by Crippen LogP contribution is -2.28. The SMILES string of the molecule is CN(C)CCN(C)c1ccc(Nc2ncc(-c3cn[nH]c3)c(-c3cn4c5c(cccc35)CCC4)n2)cc1N. The maximum atomic E-state index is 6.44. The van der Waals surface area contributed by atoms with E-state index in [2.05, 4.69) is 80.4 Å². The molecule has 38 heavy (non-hydrogen) atoms. The predicted molar refractivity (Wildman–Crippen MR) is 155 cm³/mol. The van der Waals surface area contributed by atoms with Crippen molar-refractivity contribution in [2.24, 2.45) is 0 Å². The predicted octanol–water partition coefficient (Wildman–Crippen LogP) is 4.76. The fourth-order valence-electron chi connectivity index (χ4n) is 5.28. The molecule has 2 aromatic carbocycles. The smallest absolute Gasteiger partial charge is 0.227 e. The molecular formula is C29H33N9. The third-order valence-corrected chi connectivity index (χ3v) is 7.26. The zero-order valence-electron chi connectivity index (χ0n) is 22.1. The first kappa shape index (κ1) is 24.0. The molecule has 3 aromatic heterocycles. The van der Waals surface area contributed by atoms with Gasteiger partial charge in [-0.3, -0.25) is 5.10 Å². The van der Waals surface area contributed by atoms with Crippen LogP contribution in [0.25, 0.3) is 33.3 Å². The van der Waals surface area contributed by atoms with Crippen LogP contribution in [0.3, 0.4) is 0 Å². The summed E-state index contributed by atoms with van der Waals surface area (Å²) in [4.78, 5) is 14.0. The van der Waals surface area contributed by atoms with Crippen LogP contribution in [0, 0.1) is 0 Å². The highest BCUT2D eigenvalue weighted by atomic mass is 15.2. The largest absolute Gasteiger partial charge is 0.397 e. The third-order valence-electron chi connectivity index (χ3n) is 7.26. The number of nitrogens with one attached hydrogen (secondary N) is 2. The summed E-state index contributed by atoms with van der Waals surface area (Å²) in [7, 11) is 6.20. The Morgan fingerprint density at radius 3 is 2.76 bits per heavy atom. The van der Waals surface area contributed by atoms with Crippen molar-refractivity contribution in [3.05, 3.63) is 66.7 Å². The molecule has 0 bridgehead atoms. The van der Waals surface area contributed by atoms with Crippen LogP contribution >= 0.6 is 0 Å². The van der Waals surface area contributed by atoms with Gasteiger partial charge in [0.2, 0.25) is 5.95 Å². The molecule has 9 nitrogen and oxygen atoms in total. The molecule has 0 saturated heterocycles. The number of nitrogens with zero attached hydrogens (tertiary/aromatic N) is 6. The third kappa shape index (κ3) is 4.45. The maximum absolute atomic E-state index is 6.44.